The summed E-state index contributed by atoms with van der Waals surface area (Å²) in [6, 6.07) is 0.197. The summed E-state index contributed by atoms with van der Waals surface area (Å²) in [6.07, 6.45) is 0. The molecule has 19 heavy (non-hydrogen) atoms. The normalized spacial score (nSPS) is 21.7. The summed E-state index contributed by atoms with van der Waals surface area (Å²) in [5.74, 6) is 0.950. The first kappa shape index (κ1) is 14.0. The van der Waals surface area contributed by atoms with Crippen molar-refractivity contribution in [3.63, 3.8) is 0 Å². The van der Waals surface area contributed by atoms with Gasteiger partial charge in [0.05, 0.1) is 0 Å². The zero-order valence-corrected chi connectivity index (χ0v) is 12.4. The van der Waals surface area contributed by atoms with E-state index in [2.05, 4.69) is 34.1 Å². The molecule has 2 rings (SSSR count). The molecule has 0 aliphatic carbocycles. The maximum absolute atomic E-state index is 12.4. The fourth-order valence-electron chi connectivity index (χ4n) is 2.26. The minimum atomic E-state index is -0.126. The first-order valence-electron chi connectivity index (χ1n) is 6.71. The summed E-state index contributed by atoms with van der Waals surface area (Å²) in [5.41, 5.74) is -0.126. The van der Waals surface area contributed by atoms with E-state index in [0.717, 1.165) is 25.5 Å². The van der Waals surface area contributed by atoms with E-state index in [1.165, 1.54) is 0 Å². The second-order valence-electron chi connectivity index (χ2n) is 6.37. The summed E-state index contributed by atoms with van der Waals surface area (Å²) in [5, 5.41) is 6.94. The van der Waals surface area contributed by atoms with Crippen molar-refractivity contribution in [2.75, 3.05) is 26.7 Å². The SMILES string of the molecule is CC1CN(C)CCN1C(=O)c1n[nH]c(C(C)(C)C)n1. The number of aromatic nitrogens is 3. The quantitative estimate of drug-likeness (QED) is 0.818. The summed E-state index contributed by atoms with van der Waals surface area (Å²) < 4.78 is 0. The average molecular weight is 265 g/mol. The van der Waals surface area contributed by atoms with Gasteiger partial charge in [-0.1, -0.05) is 20.8 Å². The molecule has 1 fully saturated rings. The Balaban J connectivity index is 2.14. The lowest BCUT2D eigenvalue weighted by Crippen LogP contribution is -2.52. The number of amides is 1. The van der Waals surface area contributed by atoms with Crippen LogP contribution < -0.4 is 0 Å². The van der Waals surface area contributed by atoms with Gasteiger partial charge in [0.2, 0.25) is 5.82 Å². The first-order valence-corrected chi connectivity index (χ1v) is 6.71. The Hall–Kier alpha value is -1.43. The number of likely N-dealkylation sites (N-methyl/N-ethyl adjacent to an activating group) is 1. The topological polar surface area (TPSA) is 65.1 Å². The number of hydrogen-bond donors (Lipinski definition) is 1. The Bertz CT molecular complexity index is 462. The third kappa shape index (κ3) is 2.94. The number of rotatable bonds is 1. The molecule has 1 aromatic heterocycles. The van der Waals surface area contributed by atoms with Gasteiger partial charge in [-0.05, 0) is 14.0 Å². The molecule has 106 valence electrons. The van der Waals surface area contributed by atoms with Crippen LogP contribution in [0.5, 0.6) is 0 Å². The van der Waals surface area contributed by atoms with Crippen molar-refractivity contribution in [3.05, 3.63) is 11.6 Å². The molecule has 1 aliphatic heterocycles. The van der Waals surface area contributed by atoms with E-state index in [9.17, 15) is 4.79 Å². The van der Waals surface area contributed by atoms with E-state index in [1.807, 2.05) is 25.7 Å². The van der Waals surface area contributed by atoms with Crippen LogP contribution in [-0.2, 0) is 5.41 Å². The van der Waals surface area contributed by atoms with Crippen LogP contribution in [0.15, 0.2) is 0 Å². The standard InChI is InChI=1S/C13H23N5O/c1-9-8-17(5)6-7-18(9)11(19)10-14-12(16-15-10)13(2,3)4/h9H,6-8H2,1-5H3,(H,14,15,16). The summed E-state index contributed by atoms with van der Waals surface area (Å²) >= 11 is 0. The van der Waals surface area contributed by atoms with Gasteiger partial charge in [-0.3, -0.25) is 9.89 Å². The Morgan fingerprint density at radius 2 is 2.05 bits per heavy atom. The number of hydrogen-bond acceptors (Lipinski definition) is 4. The van der Waals surface area contributed by atoms with Crippen molar-refractivity contribution in [1.82, 2.24) is 25.0 Å². The fraction of sp³-hybridized carbons (Fsp3) is 0.769. The molecule has 0 saturated carbocycles. The molecule has 1 saturated heterocycles. The van der Waals surface area contributed by atoms with Gasteiger partial charge in [0, 0.05) is 31.1 Å². The molecule has 6 nitrogen and oxygen atoms in total. The van der Waals surface area contributed by atoms with Gasteiger partial charge in [0.25, 0.3) is 5.91 Å². The Morgan fingerprint density at radius 3 is 2.58 bits per heavy atom. The predicted octanol–water partition coefficient (Wildman–Crippen LogP) is 0.878. The van der Waals surface area contributed by atoms with Crippen LogP contribution in [0.4, 0.5) is 0 Å². The molecular weight excluding hydrogens is 242 g/mol. The monoisotopic (exact) mass is 265 g/mol. The molecule has 1 aromatic rings. The fourth-order valence-corrected chi connectivity index (χ4v) is 2.26. The number of carbonyl (C=O) groups excluding carboxylic acids is 1. The van der Waals surface area contributed by atoms with E-state index in [-0.39, 0.29) is 23.2 Å². The highest BCUT2D eigenvalue weighted by Crippen LogP contribution is 2.18. The predicted molar refractivity (Wildman–Crippen MR) is 73.1 cm³/mol. The molecule has 6 heteroatoms. The van der Waals surface area contributed by atoms with Gasteiger partial charge in [0.1, 0.15) is 5.82 Å². The van der Waals surface area contributed by atoms with Crippen LogP contribution in [0.2, 0.25) is 0 Å². The van der Waals surface area contributed by atoms with Crippen molar-refractivity contribution in [3.8, 4) is 0 Å². The van der Waals surface area contributed by atoms with Gasteiger partial charge < -0.3 is 9.80 Å². The molecular formula is C13H23N5O. The molecule has 1 N–H and O–H groups in total. The van der Waals surface area contributed by atoms with Gasteiger partial charge >= 0.3 is 0 Å². The smallest absolute Gasteiger partial charge is 0.293 e. The highest BCUT2D eigenvalue weighted by atomic mass is 16.2. The van der Waals surface area contributed by atoms with Gasteiger partial charge in [-0.15, -0.1) is 5.10 Å². The second-order valence-corrected chi connectivity index (χ2v) is 6.37. The molecule has 1 aliphatic rings. The first-order chi connectivity index (χ1) is 8.79. The number of nitrogens with one attached hydrogen (secondary N) is 1. The molecule has 0 bridgehead atoms. The molecule has 1 atom stereocenters. The van der Waals surface area contributed by atoms with Crippen LogP contribution in [0, 0.1) is 0 Å². The van der Waals surface area contributed by atoms with E-state index < -0.39 is 0 Å². The minimum absolute atomic E-state index is 0.0765. The van der Waals surface area contributed by atoms with Crippen molar-refractivity contribution in [2.45, 2.75) is 39.2 Å². The average Bonchev–Trinajstić information content (AvgIpc) is 2.76. The Kier molecular flexibility index (Phi) is 3.62. The number of aromatic amines is 1. The second kappa shape index (κ2) is 4.92. The number of nitrogens with zero attached hydrogens (tertiary/aromatic N) is 4. The zero-order chi connectivity index (χ0) is 14.2. The molecule has 1 amide bonds. The minimum Gasteiger partial charge on any atom is -0.331 e. The van der Waals surface area contributed by atoms with Crippen molar-refractivity contribution < 1.29 is 4.79 Å². The summed E-state index contributed by atoms with van der Waals surface area (Å²) in [4.78, 5) is 20.8. The number of carbonyl (C=O) groups is 1. The molecule has 0 spiro atoms. The lowest BCUT2D eigenvalue weighted by Gasteiger charge is -2.37. The van der Waals surface area contributed by atoms with Crippen molar-refractivity contribution in [1.29, 1.82) is 0 Å². The third-order valence-corrected chi connectivity index (χ3v) is 3.48. The van der Waals surface area contributed by atoms with Crippen molar-refractivity contribution in [2.24, 2.45) is 0 Å². The van der Waals surface area contributed by atoms with Gasteiger partial charge in [-0.2, -0.15) is 0 Å². The Labute approximate surface area is 114 Å². The van der Waals surface area contributed by atoms with Gasteiger partial charge in [-0.25, -0.2) is 4.98 Å². The van der Waals surface area contributed by atoms with Crippen LogP contribution in [0.3, 0.4) is 0 Å². The highest BCUT2D eigenvalue weighted by Gasteiger charge is 2.30. The van der Waals surface area contributed by atoms with Crippen LogP contribution in [0.25, 0.3) is 0 Å². The maximum Gasteiger partial charge on any atom is 0.293 e. The third-order valence-electron chi connectivity index (χ3n) is 3.48. The van der Waals surface area contributed by atoms with E-state index in [0.29, 0.717) is 0 Å². The lowest BCUT2D eigenvalue weighted by atomic mass is 9.96. The van der Waals surface area contributed by atoms with Crippen LogP contribution in [0.1, 0.15) is 44.1 Å². The summed E-state index contributed by atoms with van der Waals surface area (Å²) in [7, 11) is 2.07. The molecule has 0 radical (unpaired) electrons. The number of piperazine rings is 1. The van der Waals surface area contributed by atoms with Crippen molar-refractivity contribution >= 4 is 5.91 Å². The number of H-pyrrole nitrogens is 1. The summed E-state index contributed by atoms with van der Waals surface area (Å²) in [6.45, 7) is 10.7. The highest BCUT2D eigenvalue weighted by molar-refractivity contribution is 5.90. The maximum atomic E-state index is 12.4. The molecule has 1 unspecified atom stereocenters. The van der Waals surface area contributed by atoms with E-state index in [4.69, 9.17) is 0 Å². The van der Waals surface area contributed by atoms with Crippen LogP contribution in [-0.4, -0.2) is 63.6 Å². The largest absolute Gasteiger partial charge is 0.331 e. The Morgan fingerprint density at radius 1 is 1.37 bits per heavy atom. The zero-order valence-electron chi connectivity index (χ0n) is 12.4. The molecule has 0 aromatic carbocycles. The molecule has 2 heterocycles. The van der Waals surface area contributed by atoms with E-state index in [1.54, 1.807) is 0 Å². The van der Waals surface area contributed by atoms with E-state index >= 15 is 0 Å². The van der Waals surface area contributed by atoms with Gasteiger partial charge in [0.15, 0.2) is 0 Å². The lowest BCUT2D eigenvalue weighted by molar-refractivity contribution is 0.0522. The van der Waals surface area contributed by atoms with Crippen LogP contribution >= 0.6 is 0 Å².